The molecular formula is C20H17ClN2O5. The first-order chi connectivity index (χ1) is 13.5. The smallest absolute Gasteiger partial charge is 0.337 e. The number of esters is 2. The first-order valence-electron chi connectivity index (χ1n) is 8.26. The molecule has 0 atom stereocenters. The zero-order valence-electron chi connectivity index (χ0n) is 15.2. The SMILES string of the molecule is COC(=O)c1cc(NCc2ncc(-c3ccc(Cl)cc3)o2)cc(C(=O)OC)c1. The van der Waals surface area contributed by atoms with E-state index in [1.807, 2.05) is 12.1 Å². The molecule has 3 aromatic rings. The molecule has 0 spiro atoms. The van der Waals surface area contributed by atoms with Crippen LogP contribution in [0.3, 0.4) is 0 Å². The summed E-state index contributed by atoms with van der Waals surface area (Å²) in [4.78, 5) is 27.9. The molecule has 0 aliphatic carbocycles. The number of methoxy groups -OCH3 is 2. The molecule has 0 unspecified atom stereocenters. The number of nitrogens with one attached hydrogen (secondary N) is 1. The van der Waals surface area contributed by atoms with Crippen molar-refractivity contribution >= 4 is 29.2 Å². The lowest BCUT2D eigenvalue weighted by Gasteiger charge is -2.09. The number of hydrogen-bond donors (Lipinski definition) is 1. The number of oxazole rings is 1. The maximum atomic E-state index is 11.8. The monoisotopic (exact) mass is 400 g/mol. The Labute approximate surface area is 166 Å². The van der Waals surface area contributed by atoms with Crippen LogP contribution in [0.4, 0.5) is 5.69 Å². The van der Waals surface area contributed by atoms with Gasteiger partial charge < -0.3 is 19.2 Å². The van der Waals surface area contributed by atoms with E-state index in [-0.39, 0.29) is 17.7 Å². The average Bonchev–Trinajstić information content (AvgIpc) is 3.20. The van der Waals surface area contributed by atoms with E-state index < -0.39 is 11.9 Å². The second-order valence-corrected chi connectivity index (χ2v) is 6.20. The third kappa shape index (κ3) is 4.50. The van der Waals surface area contributed by atoms with Gasteiger partial charge in [0.25, 0.3) is 0 Å². The van der Waals surface area contributed by atoms with E-state index in [4.69, 9.17) is 25.5 Å². The minimum absolute atomic E-state index is 0.224. The maximum Gasteiger partial charge on any atom is 0.337 e. The molecule has 3 rings (SSSR count). The molecule has 0 saturated heterocycles. The normalized spacial score (nSPS) is 10.4. The standard InChI is InChI=1S/C20H17ClN2O5/c1-26-19(24)13-7-14(20(25)27-2)9-16(8-13)22-11-18-23-10-17(28-18)12-3-5-15(21)6-4-12/h3-10,22H,11H2,1-2H3. The molecule has 8 heteroatoms. The topological polar surface area (TPSA) is 90.7 Å². The van der Waals surface area contributed by atoms with Gasteiger partial charge in [-0.3, -0.25) is 0 Å². The van der Waals surface area contributed by atoms with Crippen molar-refractivity contribution in [3.05, 3.63) is 70.7 Å². The van der Waals surface area contributed by atoms with Crippen molar-refractivity contribution in [1.29, 1.82) is 0 Å². The van der Waals surface area contributed by atoms with E-state index in [9.17, 15) is 9.59 Å². The number of halogens is 1. The van der Waals surface area contributed by atoms with Crippen LogP contribution in [-0.4, -0.2) is 31.1 Å². The summed E-state index contributed by atoms with van der Waals surface area (Å²) in [7, 11) is 2.54. The van der Waals surface area contributed by atoms with Gasteiger partial charge in [-0.05, 0) is 42.5 Å². The zero-order chi connectivity index (χ0) is 20.1. The van der Waals surface area contributed by atoms with Crippen molar-refractivity contribution in [2.24, 2.45) is 0 Å². The first kappa shape index (κ1) is 19.4. The fourth-order valence-electron chi connectivity index (χ4n) is 2.52. The van der Waals surface area contributed by atoms with Gasteiger partial charge in [0.2, 0.25) is 5.89 Å². The Morgan fingerprint density at radius 1 is 1.04 bits per heavy atom. The van der Waals surface area contributed by atoms with Crippen LogP contribution in [0, 0.1) is 0 Å². The molecule has 2 aromatic carbocycles. The van der Waals surface area contributed by atoms with Crippen molar-refractivity contribution < 1.29 is 23.5 Å². The quantitative estimate of drug-likeness (QED) is 0.620. The van der Waals surface area contributed by atoms with Gasteiger partial charge in [0.15, 0.2) is 5.76 Å². The molecule has 0 saturated carbocycles. The van der Waals surface area contributed by atoms with Crippen molar-refractivity contribution in [1.82, 2.24) is 4.98 Å². The molecular weight excluding hydrogens is 384 g/mol. The van der Waals surface area contributed by atoms with E-state index in [1.54, 1.807) is 30.5 Å². The molecule has 1 aromatic heterocycles. The largest absolute Gasteiger partial charge is 0.465 e. The Morgan fingerprint density at radius 3 is 2.21 bits per heavy atom. The Kier molecular flexibility index (Phi) is 5.96. The molecule has 0 aliphatic heterocycles. The van der Waals surface area contributed by atoms with Gasteiger partial charge in [-0.25, -0.2) is 14.6 Å². The molecule has 7 nitrogen and oxygen atoms in total. The van der Waals surface area contributed by atoms with E-state index in [0.717, 1.165) is 5.56 Å². The summed E-state index contributed by atoms with van der Waals surface area (Å²) in [5.74, 6) is -0.0787. The summed E-state index contributed by atoms with van der Waals surface area (Å²) in [6.07, 6.45) is 1.62. The maximum absolute atomic E-state index is 11.8. The lowest BCUT2D eigenvalue weighted by molar-refractivity contribution is 0.0599. The van der Waals surface area contributed by atoms with Crippen LogP contribution in [-0.2, 0) is 16.0 Å². The molecule has 1 N–H and O–H groups in total. The number of carbonyl (C=O) groups is 2. The molecule has 0 fully saturated rings. The molecule has 0 radical (unpaired) electrons. The van der Waals surface area contributed by atoms with Crippen molar-refractivity contribution in [2.75, 3.05) is 19.5 Å². The fourth-order valence-corrected chi connectivity index (χ4v) is 2.64. The number of nitrogens with zero attached hydrogens (tertiary/aromatic N) is 1. The molecule has 0 amide bonds. The first-order valence-corrected chi connectivity index (χ1v) is 8.64. The lowest BCUT2D eigenvalue weighted by atomic mass is 10.1. The third-order valence-corrected chi connectivity index (χ3v) is 4.15. The number of hydrogen-bond acceptors (Lipinski definition) is 7. The highest BCUT2D eigenvalue weighted by atomic mass is 35.5. The minimum atomic E-state index is -0.560. The van der Waals surface area contributed by atoms with Gasteiger partial charge in [-0.1, -0.05) is 11.6 Å². The number of ether oxygens (including phenoxy) is 2. The fraction of sp³-hybridized carbons (Fsp3) is 0.150. The average molecular weight is 401 g/mol. The van der Waals surface area contributed by atoms with Crippen LogP contribution in [0.5, 0.6) is 0 Å². The van der Waals surface area contributed by atoms with Gasteiger partial charge in [0.1, 0.15) is 0 Å². The highest BCUT2D eigenvalue weighted by Crippen LogP contribution is 2.23. The van der Waals surface area contributed by atoms with Gasteiger partial charge in [0, 0.05) is 16.3 Å². The van der Waals surface area contributed by atoms with Crippen LogP contribution in [0.1, 0.15) is 26.6 Å². The second kappa shape index (κ2) is 8.58. The predicted molar refractivity (Wildman–Crippen MR) is 103 cm³/mol. The van der Waals surface area contributed by atoms with E-state index in [0.29, 0.717) is 22.4 Å². The van der Waals surface area contributed by atoms with Gasteiger partial charge in [0.05, 0.1) is 38.1 Å². The van der Waals surface area contributed by atoms with Gasteiger partial charge in [-0.15, -0.1) is 0 Å². The van der Waals surface area contributed by atoms with Crippen LogP contribution in [0.25, 0.3) is 11.3 Å². The highest BCUT2D eigenvalue weighted by Gasteiger charge is 2.14. The van der Waals surface area contributed by atoms with Gasteiger partial charge >= 0.3 is 11.9 Å². The molecule has 28 heavy (non-hydrogen) atoms. The summed E-state index contributed by atoms with van der Waals surface area (Å²) in [5, 5.41) is 3.72. The number of aromatic nitrogens is 1. The van der Waals surface area contributed by atoms with Crippen LogP contribution in [0.2, 0.25) is 5.02 Å². The van der Waals surface area contributed by atoms with Crippen molar-refractivity contribution in [2.45, 2.75) is 6.54 Å². The minimum Gasteiger partial charge on any atom is -0.465 e. The molecule has 1 heterocycles. The Morgan fingerprint density at radius 2 is 1.64 bits per heavy atom. The van der Waals surface area contributed by atoms with Crippen molar-refractivity contribution in [3.63, 3.8) is 0 Å². The summed E-state index contributed by atoms with van der Waals surface area (Å²) >= 11 is 5.89. The Hall–Kier alpha value is -3.32. The van der Waals surface area contributed by atoms with Crippen LogP contribution < -0.4 is 5.32 Å². The number of rotatable bonds is 6. The van der Waals surface area contributed by atoms with E-state index >= 15 is 0 Å². The van der Waals surface area contributed by atoms with Gasteiger partial charge in [-0.2, -0.15) is 0 Å². The van der Waals surface area contributed by atoms with Crippen molar-refractivity contribution in [3.8, 4) is 11.3 Å². The molecule has 144 valence electrons. The molecule has 0 bridgehead atoms. The third-order valence-electron chi connectivity index (χ3n) is 3.90. The number of anilines is 1. The summed E-state index contributed by atoms with van der Waals surface area (Å²) in [6, 6.07) is 11.8. The van der Waals surface area contributed by atoms with E-state index in [2.05, 4.69) is 10.3 Å². The summed E-state index contributed by atoms with van der Waals surface area (Å²) in [6.45, 7) is 0.249. The molecule has 0 aliphatic rings. The predicted octanol–water partition coefficient (Wildman–Crippen LogP) is 4.18. The second-order valence-electron chi connectivity index (χ2n) is 5.76. The summed E-state index contributed by atoms with van der Waals surface area (Å²) < 4.78 is 15.2. The number of benzene rings is 2. The Bertz CT molecular complexity index is 964. The van der Waals surface area contributed by atoms with Crippen LogP contribution in [0.15, 0.2) is 53.1 Å². The number of carbonyl (C=O) groups excluding carboxylic acids is 2. The lowest BCUT2D eigenvalue weighted by Crippen LogP contribution is -2.09. The van der Waals surface area contributed by atoms with E-state index in [1.165, 1.54) is 20.3 Å². The van der Waals surface area contributed by atoms with Crippen LogP contribution >= 0.6 is 11.6 Å². The highest BCUT2D eigenvalue weighted by molar-refractivity contribution is 6.30. The Balaban J connectivity index is 1.77. The summed E-state index contributed by atoms with van der Waals surface area (Å²) in [5.41, 5.74) is 1.82. The zero-order valence-corrected chi connectivity index (χ0v) is 15.9.